The number of rotatable bonds is 5. The summed E-state index contributed by atoms with van der Waals surface area (Å²) in [6.45, 7) is 0. The highest BCUT2D eigenvalue weighted by atomic mass is 32.1. The number of fused-ring (bicyclic) bond motifs is 3. The van der Waals surface area contributed by atoms with Crippen LogP contribution in [0.15, 0.2) is 134 Å². The molecule has 0 saturated heterocycles. The minimum Gasteiger partial charge on any atom is -0.264 e. The van der Waals surface area contributed by atoms with E-state index in [1.807, 2.05) is 85.2 Å². The molecule has 0 aliphatic carbocycles. The lowest BCUT2D eigenvalue weighted by atomic mass is 10.1. The molecule has 0 spiro atoms. The molecule has 3 aromatic carbocycles. The van der Waals surface area contributed by atoms with Crippen LogP contribution >= 0.6 is 11.3 Å². The van der Waals surface area contributed by atoms with Crippen LogP contribution in [-0.4, -0.2) is 29.9 Å². The standard InChI is InChI=1S/C36H22N6S/c1-2-8-23(9-3-1)32-34-33(28-12-4-5-13-31(28)43-34)42-36(41-32)25-16-14-24(15-17-25)35-39-29(26-10-6-18-37-21-26)20-30(40-35)27-11-7-19-38-22-27/h1-22H. The molecule has 0 unspecified atom stereocenters. The summed E-state index contributed by atoms with van der Waals surface area (Å²) in [4.78, 5) is 28.6. The molecule has 0 bridgehead atoms. The van der Waals surface area contributed by atoms with E-state index in [1.54, 1.807) is 23.7 Å². The summed E-state index contributed by atoms with van der Waals surface area (Å²) < 4.78 is 2.29. The van der Waals surface area contributed by atoms with Crippen LogP contribution in [0.3, 0.4) is 0 Å². The van der Waals surface area contributed by atoms with Gasteiger partial charge in [0.2, 0.25) is 0 Å². The summed E-state index contributed by atoms with van der Waals surface area (Å²) in [6.07, 6.45) is 7.14. The number of hydrogen-bond acceptors (Lipinski definition) is 7. The van der Waals surface area contributed by atoms with E-state index in [9.17, 15) is 0 Å². The van der Waals surface area contributed by atoms with E-state index in [2.05, 4.69) is 46.4 Å². The van der Waals surface area contributed by atoms with Gasteiger partial charge in [0.15, 0.2) is 11.6 Å². The predicted octanol–water partition coefficient (Wildman–Crippen LogP) is 8.76. The number of aromatic nitrogens is 6. The number of hydrogen-bond donors (Lipinski definition) is 0. The number of nitrogens with zero attached hydrogens (tertiary/aromatic N) is 6. The molecule has 0 N–H and O–H groups in total. The molecule has 43 heavy (non-hydrogen) atoms. The molecule has 0 fully saturated rings. The molecule has 0 aliphatic heterocycles. The summed E-state index contributed by atoms with van der Waals surface area (Å²) >= 11 is 1.74. The van der Waals surface area contributed by atoms with Gasteiger partial charge in [-0.15, -0.1) is 11.3 Å². The summed E-state index contributed by atoms with van der Waals surface area (Å²) in [6, 6.07) is 36.7. The Morgan fingerprint density at radius 1 is 0.465 bits per heavy atom. The Kier molecular flexibility index (Phi) is 6.20. The van der Waals surface area contributed by atoms with E-state index in [1.165, 1.54) is 4.70 Å². The van der Waals surface area contributed by atoms with Crippen molar-refractivity contribution >= 4 is 31.6 Å². The van der Waals surface area contributed by atoms with Crippen molar-refractivity contribution in [3.63, 3.8) is 0 Å². The zero-order chi connectivity index (χ0) is 28.6. The highest BCUT2D eigenvalue weighted by molar-refractivity contribution is 7.26. The maximum Gasteiger partial charge on any atom is 0.160 e. The first-order valence-corrected chi connectivity index (χ1v) is 14.7. The van der Waals surface area contributed by atoms with Gasteiger partial charge in [-0.25, -0.2) is 19.9 Å². The molecule has 8 aromatic rings. The quantitative estimate of drug-likeness (QED) is 0.206. The van der Waals surface area contributed by atoms with E-state index in [0.29, 0.717) is 11.6 Å². The third kappa shape index (κ3) is 4.71. The fourth-order valence-electron chi connectivity index (χ4n) is 5.18. The van der Waals surface area contributed by atoms with Crippen LogP contribution in [0, 0.1) is 0 Å². The van der Waals surface area contributed by atoms with Gasteiger partial charge in [-0.1, -0.05) is 72.8 Å². The second-order valence-electron chi connectivity index (χ2n) is 10.1. The van der Waals surface area contributed by atoms with Crippen molar-refractivity contribution in [2.75, 3.05) is 0 Å². The van der Waals surface area contributed by atoms with Crippen LogP contribution < -0.4 is 0 Å². The first-order chi connectivity index (χ1) is 21.3. The van der Waals surface area contributed by atoms with Gasteiger partial charge >= 0.3 is 0 Å². The topological polar surface area (TPSA) is 77.3 Å². The van der Waals surface area contributed by atoms with Crippen molar-refractivity contribution < 1.29 is 0 Å². The molecule has 7 heteroatoms. The van der Waals surface area contributed by atoms with Crippen molar-refractivity contribution in [3.05, 3.63) is 134 Å². The lowest BCUT2D eigenvalue weighted by Crippen LogP contribution is -1.97. The summed E-state index contributed by atoms with van der Waals surface area (Å²) in [5.41, 5.74) is 8.25. The van der Waals surface area contributed by atoms with E-state index in [0.717, 1.165) is 60.5 Å². The fraction of sp³-hybridized carbons (Fsp3) is 0. The lowest BCUT2D eigenvalue weighted by molar-refractivity contribution is 1.17. The minimum atomic E-state index is 0.622. The largest absolute Gasteiger partial charge is 0.264 e. The maximum absolute atomic E-state index is 5.10. The van der Waals surface area contributed by atoms with Gasteiger partial charge in [0, 0.05) is 62.7 Å². The average molecular weight is 571 g/mol. The lowest BCUT2D eigenvalue weighted by Gasteiger charge is -2.10. The van der Waals surface area contributed by atoms with Crippen LogP contribution in [0.25, 0.3) is 76.9 Å². The van der Waals surface area contributed by atoms with Crippen LogP contribution in [0.1, 0.15) is 0 Å². The van der Waals surface area contributed by atoms with E-state index in [-0.39, 0.29) is 0 Å². The van der Waals surface area contributed by atoms with Crippen LogP contribution in [0.2, 0.25) is 0 Å². The summed E-state index contributed by atoms with van der Waals surface area (Å²) in [7, 11) is 0. The number of pyridine rings is 2. The van der Waals surface area contributed by atoms with Gasteiger partial charge in [0.1, 0.15) is 0 Å². The number of benzene rings is 3. The van der Waals surface area contributed by atoms with Gasteiger partial charge < -0.3 is 0 Å². The van der Waals surface area contributed by atoms with E-state index < -0.39 is 0 Å². The van der Waals surface area contributed by atoms with Crippen molar-refractivity contribution in [3.8, 4) is 56.5 Å². The second kappa shape index (κ2) is 10.6. The highest BCUT2D eigenvalue weighted by Crippen LogP contribution is 2.39. The third-order valence-electron chi connectivity index (χ3n) is 7.31. The summed E-state index contributed by atoms with van der Waals surface area (Å²) in [5.74, 6) is 1.31. The molecule has 8 rings (SSSR count). The normalized spacial score (nSPS) is 11.3. The Morgan fingerprint density at radius 3 is 1.67 bits per heavy atom. The first kappa shape index (κ1) is 25.1. The van der Waals surface area contributed by atoms with Crippen molar-refractivity contribution in [2.45, 2.75) is 0 Å². The van der Waals surface area contributed by atoms with Gasteiger partial charge in [-0.3, -0.25) is 9.97 Å². The molecule has 6 nitrogen and oxygen atoms in total. The Hall–Kier alpha value is -5.66. The van der Waals surface area contributed by atoms with Gasteiger partial charge in [0.05, 0.1) is 27.3 Å². The SMILES string of the molecule is c1ccc(-c2nc(-c3ccc(-c4nc(-c5cccnc5)cc(-c5cccnc5)n4)cc3)nc3c2sc2ccccc23)cc1. The Balaban J connectivity index is 1.25. The molecule has 0 radical (unpaired) electrons. The zero-order valence-electron chi connectivity index (χ0n) is 22.8. The predicted molar refractivity (Wildman–Crippen MR) is 173 cm³/mol. The van der Waals surface area contributed by atoms with Crippen LogP contribution in [0.5, 0.6) is 0 Å². The third-order valence-corrected chi connectivity index (χ3v) is 8.48. The molecule has 202 valence electrons. The summed E-state index contributed by atoms with van der Waals surface area (Å²) in [5, 5.41) is 1.14. The van der Waals surface area contributed by atoms with E-state index in [4.69, 9.17) is 19.9 Å². The van der Waals surface area contributed by atoms with Gasteiger partial charge in [0.25, 0.3) is 0 Å². The molecular formula is C36H22N6S. The average Bonchev–Trinajstić information content (AvgIpc) is 3.48. The highest BCUT2D eigenvalue weighted by Gasteiger charge is 2.17. The molecule has 0 atom stereocenters. The maximum atomic E-state index is 5.10. The van der Waals surface area contributed by atoms with Crippen LogP contribution in [0.4, 0.5) is 0 Å². The molecule has 5 aromatic heterocycles. The smallest absolute Gasteiger partial charge is 0.160 e. The Bertz CT molecular complexity index is 2160. The van der Waals surface area contributed by atoms with Crippen LogP contribution in [-0.2, 0) is 0 Å². The van der Waals surface area contributed by atoms with Crippen molar-refractivity contribution in [1.82, 2.24) is 29.9 Å². The van der Waals surface area contributed by atoms with Gasteiger partial charge in [-0.05, 0) is 36.4 Å². The Morgan fingerprint density at radius 2 is 1.05 bits per heavy atom. The molecular weight excluding hydrogens is 549 g/mol. The van der Waals surface area contributed by atoms with Crippen molar-refractivity contribution in [1.29, 1.82) is 0 Å². The first-order valence-electron chi connectivity index (χ1n) is 13.9. The van der Waals surface area contributed by atoms with Crippen molar-refractivity contribution in [2.24, 2.45) is 0 Å². The number of thiophene rings is 1. The Labute approximate surface area is 251 Å². The fourth-order valence-corrected chi connectivity index (χ4v) is 6.33. The molecule has 0 aliphatic rings. The zero-order valence-corrected chi connectivity index (χ0v) is 23.6. The van der Waals surface area contributed by atoms with E-state index >= 15 is 0 Å². The molecule has 0 amide bonds. The second-order valence-corrected chi connectivity index (χ2v) is 11.1. The monoisotopic (exact) mass is 570 g/mol. The molecule has 5 heterocycles. The van der Waals surface area contributed by atoms with Gasteiger partial charge in [-0.2, -0.15) is 0 Å². The molecule has 0 saturated carbocycles. The minimum absolute atomic E-state index is 0.622.